The van der Waals surface area contributed by atoms with Gasteiger partial charge in [-0.15, -0.1) is 0 Å². The quantitative estimate of drug-likeness (QED) is 0.713. The zero-order valence-electron chi connectivity index (χ0n) is 10.9. The van der Waals surface area contributed by atoms with Crippen LogP contribution >= 0.6 is 0 Å². The molecule has 3 N–H and O–H groups in total. The van der Waals surface area contributed by atoms with E-state index in [0.717, 1.165) is 5.56 Å². The standard InChI is InChI=1S/C14H21NO3/c1-10(2)11-4-3-5-12(8-11)14(18)15-7-6-13(17)9-16/h3-5,8,10,13,16-17H,6-7,9H2,1-2H3,(H,15,18)/t13-/m0/s1. The van der Waals surface area contributed by atoms with E-state index in [2.05, 4.69) is 19.2 Å². The average Bonchev–Trinajstić information content (AvgIpc) is 2.38. The predicted molar refractivity (Wildman–Crippen MR) is 70.6 cm³/mol. The summed E-state index contributed by atoms with van der Waals surface area (Å²) in [5.41, 5.74) is 1.75. The molecule has 0 spiro atoms. The molecule has 1 aromatic carbocycles. The maximum atomic E-state index is 11.8. The Labute approximate surface area is 108 Å². The molecule has 0 unspecified atom stereocenters. The maximum absolute atomic E-state index is 11.8. The van der Waals surface area contributed by atoms with Crippen LogP contribution in [0.15, 0.2) is 24.3 Å². The molecule has 18 heavy (non-hydrogen) atoms. The molecule has 0 aliphatic rings. The van der Waals surface area contributed by atoms with Gasteiger partial charge in [0.2, 0.25) is 0 Å². The highest BCUT2D eigenvalue weighted by molar-refractivity contribution is 5.94. The van der Waals surface area contributed by atoms with E-state index in [1.807, 2.05) is 18.2 Å². The third-order valence-electron chi connectivity index (χ3n) is 2.79. The van der Waals surface area contributed by atoms with Gasteiger partial charge in [-0.25, -0.2) is 0 Å². The minimum Gasteiger partial charge on any atom is -0.394 e. The molecule has 0 saturated carbocycles. The van der Waals surface area contributed by atoms with Crippen molar-refractivity contribution in [2.45, 2.75) is 32.3 Å². The zero-order chi connectivity index (χ0) is 13.5. The maximum Gasteiger partial charge on any atom is 0.251 e. The van der Waals surface area contributed by atoms with E-state index in [9.17, 15) is 4.79 Å². The first-order valence-corrected chi connectivity index (χ1v) is 6.21. The Balaban J connectivity index is 2.53. The Morgan fingerprint density at radius 1 is 1.39 bits per heavy atom. The summed E-state index contributed by atoms with van der Waals surface area (Å²) in [5, 5.41) is 20.5. The van der Waals surface area contributed by atoms with Crippen molar-refractivity contribution in [2.75, 3.05) is 13.2 Å². The highest BCUT2D eigenvalue weighted by Crippen LogP contribution is 2.15. The molecular weight excluding hydrogens is 230 g/mol. The van der Waals surface area contributed by atoms with Crippen molar-refractivity contribution in [1.82, 2.24) is 5.32 Å². The molecule has 1 aromatic rings. The molecule has 1 rings (SSSR count). The number of hydrogen-bond donors (Lipinski definition) is 3. The van der Waals surface area contributed by atoms with Crippen molar-refractivity contribution < 1.29 is 15.0 Å². The van der Waals surface area contributed by atoms with E-state index in [0.29, 0.717) is 24.4 Å². The second-order valence-corrected chi connectivity index (χ2v) is 4.66. The van der Waals surface area contributed by atoms with Gasteiger partial charge in [0.25, 0.3) is 5.91 Å². The van der Waals surface area contributed by atoms with E-state index in [-0.39, 0.29) is 12.5 Å². The van der Waals surface area contributed by atoms with Crippen LogP contribution in [0, 0.1) is 0 Å². The van der Waals surface area contributed by atoms with E-state index in [1.54, 1.807) is 6.07 Å². The number of hydrogen-bond acceptors (Lipinski definition) is 3. The Kier molecular flexibility index (Phi) is 5.82. The molecule has 0 heterocycles. The summed E-state index contributed by atoms with van der Waals surface area (Å²) >= 11 is 0. The lowest BCUT2D eigenvalue weighted by atomic mass is 10.0. The summed E-state index contributed by atoms with van der Waals surface area (Å²) in [4.78, 5) is 11.8. The lowest BCUT2D eigenvalue weighted by Gasteiger charge is -2.10. The van der Waals surface area contributed by atoms with Crippen LogP contribution in [0.3, 0.4) is 0 Å². The first kappa shape index (κ1) is 14.7. The summed E-state index contributed by atoms with van der Waals surface area (Å²) in [6.45, 7) is 4.23. The molecule has 4 nitrogen and oxygen atoms in total. The fraction of sp³-hybridized carbons (Fsp3) is 0.500. The van der Waals surface area contributed by atoms with Gasteiger partial charge >= 0.3 is 0 Å². The van der Waals surface area contributed by atoms with Gasteiger partial charge in [-0.2, -0.15) is 0 Å². The molecule has 0 bridgehead atoms. The largest absolute Gasteiger partial charge is 0.394 e. The molecule has 1 atom stereocenters. The van der Waals surface area contributed by atoms with E-state index in [1.165, 1.54) is 0 Å². The lowest BCUT2D eigenvalue weighted by molar-refractivity contribution is 0.0834. The van der Waals surface area contributed by atoms with Crippen LogP contribution in [-0.2, 0) is 0 Å². The van der Waals surface area contributed by atoms with Crippen molar-refractivity contribution in [3.8, 4) is 0 Å². The highest BCUT2D eigenvalue weighted by atomic mass is 16.3. The zero-order valence-corrected chi connectivity index (χ0v) is 10.9. The fourth-order valence-electron chi connectivity index (χ4n) is 1.58. The molecule has 0 aliphatic carbocycles. The molecule has 0 fully saturated rings. The molecule has 0 aliphatic heterocycles. The van der Waals surface area contributed by atoms with Crippen molar-refractivity contribution in [1.29, 1.82) is 0 Å². The Hall–Kier alpha value is -1.39. The Morgan fingerprint density at radius 3 is 2.72 bits per heavy atom. The fourth-order valence-corrected chi connectivity index (χ4v) is 1.58. The summed E-state index contributed by atoms with van der Waals surface area (Å²) in [7, 11) is 0. The van der Waals surface area contributed by atoms with Crippen LogP contribution < -0.4 is 5.32 Å². The molecule has 4 heteroatoms. The van der Waals surface area contributed by atoms with Crippen molar-refractivity contribution in [2.24, 2.45) is 0 Å². The predicted octanol–water partition coefficient (Wildman–Crippen LogP) is 1.28. The number of rotatable bonds is 6. The monoisotopic (exact) mass is 251 g/mol. The van der Waals surface area contributed by atoms with Crippen LogP contribution in [0.5, 0.6) is 0 Å². The first-order chi connectivity index (χ1) is 8.54. The molecule has 0 saturated heterocycles. The molecule has 0 aromatic heterocycles. The minimum atomic E-state index is -0.771. The van der Waals surface area contributed by atoms with Crippen LogP contribution in [0.1, 0.15) is 42.1 Å². The van der Waals surface area contributed by atoms with Gasteiger partial charge in [-0.1, -0.05) is 26.0 Å². The lowest BCUT2D eigenvalue weighted by Crippen LogP contribution is -2.28. The molecular formula is C14H21NO3. The van der Waals surface area contributed by atoms with Crippen molar-refractivity contribution >= 4 is 5.91 Å². The van der Waals surface area contributed by atoms with Gasteiger partial charge in [0, 0.05) is 12.1 Å². The Bertz CT molecular complexity index is 390. The number of aliphatic hydroxyl groups is 2. The average molecular weight is 251 g/mol. The van der Waals surface area contributed by atoms with E-state index < -0.39 is 6.10 Å². The van der Waals surface area contributed by atoms with Gasteiger partial charge in [-0.05, 0) is 30.0 Å². The smallest absolute Gasteiger partial charge is 0.251 e. The Morgan fingerprint density at radius 2 is 2.11 bits per heavy atom. The summed E-state index contributed by atoms with van der Waals surface area (Å²) < 4.78 is 0. The van der Waals surface area contributed by atoms with Crippen LogP contribution in [0.4, 0.5) is 0 Å². The number of carbonyl (C=O) groups excluding carboxylic acids is 1. The summed E-state index contributed by atoms with van der Waals surface area (Å²) in [6.07, 6.45) is -0.418. The van der Waals surface area contributed by atoms with Gasteiger partial charge in [0.05, 0.1) is 12.7 Å². The molecule has 0 radical (unpaired) electrons. The van der Waals surface area contributed by atoms with Crippen LogP contribution in [-0.4, -0.2) is 35.4 Å². The SMILES string of the molecule is CC(C)c1cccc(C(=O)NCC[C@H](O)CO)c1. The second-order valence-electron chi connectivity index (χ2n) is 4.66. The van der Waals surface area contributed by atoms with Gasteiger partial charge in [-0.3, -0.25) is 4.79 Å². The van der Waals surface area contributed by atoms with Crippen LogP contribution in [0.25, 0.3) is 0 Å². The first-order valence-electron chi connectivity index (χ1n) is 6.21. The molecule has 100 valence electrons. The van der Waals surface area contributed by atoms with E-state index >= 15 is 0 Å². The highest BCUT2D eigenvalue weighted by Gasteiger charge is 2.08. The van der Waals surface area contributed by atoms with Gasteiger partial charge in [0.15, 0.2) is 0 Å². The molecule has 1 amide bonds. The second kappa shape index (κ2) is 7.13. The van der Waals surface area contributed by atoms with Crippen LogP contribution in [0.2, 0.25) is 0 Å². The minimum absolute atomic E-state index is 0.150. The van der Waals surface area contributed by atoms with Gasteiger partial charge in [0.1, 0.15) is 0 Å². The number of amides is 1. The normalized spacial score (nSPS) is 12.5. The summed E-state index contributed by atoms with van der Waals surface area (Å²) in [6, 6.07) is 7.51. The topological polar surface area (TPSA) is 69.6 Å². The van der Waals surface area contributed by atoms with Gasteiger partial charge < -0.3 is 15.5 Å². The summed E-state index contributed by atoms with van der Waals surface area (Å²) in [5.74, 6) is 0.233. The number of carbonyl (C=O) groups is 1. The third-order valence-corrected chi connectivity index (χ3v) is 2.79. The number of aliphatic hydroxyl groups excluding tert-OH is 2. The number of nitrogens with one attached hydrogen (secondary N) is 1. The third kappa shape index (κ3) is 4.47. The number of benzene rings is 1. The van der Waals surface area contributed by atoms with Crippen molar-refractivity contribution in [3.63, 3.8) is 0 Å². The van der Waals surface area contributed by atoms with E-state index in [4.69, 9.17) is 10.2 Å². The van der Waals surface area contributed by atoms with Crippen molar-refractivity contribution in [3.05, 3.63) is 35.4 Å².